The summed E-state index contributed by atoms with van der Waals surface area (Å²) in [4.78, 5) is 13.7. The highest BCUT2D eigenvalue weighted by atomic mass is 127. The van der Waals surface area contributed by atoms with Crippen LogP contribution in [0.1, 0.15) is 51.1 Å². The molecule has 0 saturated heterocycles. The summed E-state index contributed by atoms with van der Waals surface area (Å²) >= 11 is 2.29. The maximum atomic E-state index is 14.6. The molecule has 2 atom stereocenters. The molecule has 0 unspecified atom stereocenters. The number of ether oxygens (including phenoxy) is 3. The van der Waals surface area contributed by atoms with Crippen molar-refractivity contribution in [2.75, 3.05) is 6.61 Å². The lowest BCUT2D eigenvalue weighted by Crippen LogP contribution is -2.49. The number of aryl methyl sites for hydroxylation is 1. The molecule has 0 amide bonds. The van der Waals surface area contributed by atoms with E-state index in [2.05, 4.69) is 22.6 Å². The summed E-state index contributed by atoms with van der Waals surface area (Å²) in [6, 6.07) is 40.3. The Bertz CT molecular complexity index is 2310. The minimum atomic E-state index is -4.06. The van der Waals surface area contributed by atoms with E-state index in [1.165, 1.54) is 4.31 Å². The average molecular weight is 824 g/mol. The summed E-state index contributed by atoms with van der Waals surface area (Å²) in [7, 11) is -4.06. The van der Waals surface area contributed by atoms with E-state index in [0.29, 0.717) is 23.7 Å². The lowest BCUT2D eigenvalue weighted by Gasteiger charge is -2.41. The van der Waals surface area contributed by atoms with E-state index in [-0.39, 0.29) is 24.5 Å². The maximum absolute atomic E-state index is 14.6. The monoisotopic (exact) mass is 823 g/mol. The van der Waals surface area contributed by atoms with Gasteiger partial charge >= 0.3 is 5.97 Å². The highest BCUT2D eigenvalue weighted by Crippen LogP contribution is 2.47. The first kappa shape index (κ1) is 35.7. The molecule has 0 saturated carbocycles. The van der Waals surface area contributed by atoms with Crippen LogP contribution in [0.15, 0.2) is 138 Å². The van der Waals surface area contributed by atoms with E-state index in [1.807, 2.05) is 111 Å². The van der Waals surface area contributed by atoms with Gasteiger partial charge < -0.3 is 14.2 Å². The van der Waals surface area contributed by atoms with Crippen LogP contribution in [0.25, 0.3) is 10.8 Å². The highest BCUT2D eigenvalue weighted by molar-refractivity contribution is 14.1. The van der Waals surface area contributed by atoms with Crippen molar-refractivity contribution in [3.63, 3.8) is 0 Å². The average Bonchev–Trinajstić information content (AvgIpc) is 3.17. The highest BCUT2D eigenvalue weighted by Gasteiger charge is 2.44. The summed E-state index contributed by atoms with van der Waals surface area (Å²) in [5, 5.41) is 1.93. The van der Waals surface area contributed by atoms with Gasteiger partial charge in [0.25, 0.3) is 0 Å². The number of halogens is 1. The third-order valence-electron chi connectivity index (χ3n) is 9.40. The molecule has 0 aromatic heterocycles. The minimum Gasteiger partial charge on any atom is -0.488 e. The van der Waals surface area contributed by atoms with E-state index < -0.39 is 28.1 Å². The Balaban J connectivity index is 1.28. The maximum Gasteiger partial charge on any atom is 0.338 e. The molecule has 0 radical (unpaired) electrons. The molecule has 1 aliphatic heterocycles. The van der Waals surface area contributed by atoms with Crippen molar-refractivity contribution in [1.29, 1.82) is 0 Å². The topological polar surface area (TPSA) is 82.1 Å². The molecule has 7 rings (SSSR count). The number of hydrogen-bond acceptors (Lipinski definition) is 6. The summed E-state index contributed by atoms with van der Waals surface area (Å²) < 4.78 is 50.5. The number of hydrogen-bond donors (Lipinski definition) is 0. The summed E-state index contributed by atoms with van der Waals surface area (Å²) in [6.07, 6.45) is 0.276. The second-order valence-electron chi connectivity index (χ2n) is 13.0. The van der Waals surface area contributed by atoms with Crippen molar-refractivity contribution >= 4 is 49.4 Å². The standard InChI is InChI=1S/C43H38INO6S/c1-29-17-21-37(22-18-29)52(47,48)45-30(2)41-38(24-36(45)28-51-43(46)35-20-19-33-15-9-10-16-34(33)23-35)42(44)40(50-27-32-13-7-4-8-14-32)25-39(41)49-26-31-11-5-3-6-12-31/h3-23,25,30,36H,24,26-28H2,1-2H3/t30-,36+/m1/s1. The Labute approximate surface area is 318 Å². The van der Waals surface area contributed by atoms with Crippen LogP contribution in [-0.4, -0.2) is 31.3 Å². The molecule has 9 heteroatoms. The van der Waals surface area contributed by atoms with Gasteiger partial charge in [-0.1, -0.05) is 109 Å². The molecule has 0 aliphatic carbocycles. The third-order valence-corrected chi connectivity index (χ3v) is 12.6. The lowest BCUT2D eigenvalue weighted by molar-refractivity contribution is 0.0385. The van der Waals surface area contributed by atoms with E-state index in [9.17, 15) is 13.2 Å². The Morgan fingerprint density at radius 2 is 1.35 bits per heavy atom. The fourth-order valence-electron chi connectivity index (χ4n) is 6.74. The van der Waals surface area contributed by atoms with Gasteiger partial charge in [0.05, 0.1) is 26.1 Å². The molecule has 0 spiro atoms. The largest absolute Gasteiger partial charge is 0.488 e. The Morgan fingerprint density at radius 3 is 2.00 bits per heavy atom. The second kappa shape index (κ2) is 15.5. The molecule has 0 N–H and O–H groups in total. The van der Waals surface area contributed by atoms with Gasteiger partial charge in [-0.25, -0.2) is 13.2 Å². The number of carbonyl (C=O) groups is 1. The van der Waals surface area contributed by atoms with E-state index in [4.69, 9.17) is 14.2 Å². The normalized spacial score (nSPS) is 15.9. The number of rotatable bonds is 11. The first-order valence-electron chi connectivity index (χ1n) is 17.1. The van der Waals surface area contributed by atoms with Crippen LogP contribution < -0.4 is 9.47 Å². The Morgan fingerprint density at radius 1 is 0.750 bits per heavy atom. The molecule has 0 fully saturated rings. The van der Waals surface area contributed by atoms with Gasteiger partial charge in [0.1, 0.15) is 31.3 Å². The molecule has 0 bridgehead atoms. The van der Waals surface area contributed by atoms with Crippen molar-refractivity contribution in [2.24, 2.45) is 0 Å². The van der Waals surface area contributed by atoms with Crippen LogP contribution >= 0.6 is 22.6 Å². The number of sulfonamides is 1. The number of esters is 1. The summed E-state index contributed by atoms with van der Waals surface area (Å²) in [5.41, 5.74) is 5.02. The fourth-order valence-corrected chi connectivity index (χ4v) is 9.33. The summed E-state index contributed by atoms with van der Waals surface area (Å²) in [6.45, 7) is 4.28. The van der Waals surface area contributed by atoms with Crippen LogP contribution in [0.3, 0.4) is 0 Å². The minimum absolute atomic E-state index is 0.147. The van der Waals surface area contributed by atoms with Crippen molar-refractivity contribution in [3.8, 4) is 11.5 Å². The summed E-state index contributed by atoms with van der Waals surface area (Å²) in [5.74, 6) is 0.671. The van der Waals surface area contributed by atoms with Gasteiger partial charge in [0, 0.05) is 11.6 Å². The van der Waals surface area contributed by atoms with E-state index in [0.717, 1.165) is 42.2 Å². The van der Waals surface area contributed by atoms with Crippen LogP contribution in [0.4, 0.5) is 0 Å². The predicted octanol–water partition coefficient (Wildman–Crippen LogP) is 9.44. The van der Waals surface area contributed by atoms with Gasteiger partial charge in [0.15, 0.2) is 0 Å². The second-order valence-corrected chi connectivity index (χ2v) is 15.9. The van der Waals surface area contributed by atoms with Crippen molar-refractivity contribution in [1.82, 2.24) is 4.31 Å². The van der Waals surface area contributed by atoms with Gasteiger partial charge in [-0.2, -0.15) is 4.31 Å². The molecular weight excluding hydrogens is 785 g/mol. The van der Waals surface area contributed by atoms with Crippen molar-refractivity contribution in [3.05, 3.63) is 170 Å². The molecule has 7 nitrogen and oxygen atoms in total. The van der Waals surface area contributed by atoms with Crippen LogP contribution in [0.5, 0.6) is 11.5 Å². The molecule has 6 aromatic rings. The van der Waals surface area contributed by atoms with Crippen molar-refractivity contribution in [2.45, 2.75) is 50.5 Å². The molecular formula is C43H38INO6S. The molecule has 52 heavy (non-hydrogen) atoms. The quantitative estimate of drug-likeness (QED) is 0.0958. The molecule has 264 valence electrons. The van der Waals surface area contributed by atoms with Gasteiger partial charge in [-0.05, 0) is 94.6 Å². The first-order chi connectivity index (χ1) is 25.2. The molecule has 1 aliphatic rings. The smallest absolute Gasteiger partial charge is 0.338 e. The fraction of sp³-hybridized carbons (Fsp3) is 0.186. The van der Waals surface area contributed by atoms with Gasteiger partial charge in [-0.3, -0.25) is 0 Å². The predicted molar refractivity (Wildman–Crippen MR) is 211 cm³/mol. The van der Waals surface area contributed by atoms with E-state index in [1.54, 1.807) is 36.4 Å². The zero-order valence-electron chi connectivity index (χ0n) is 28.9. The zero-order valence-corrected chi connectivity index (χ0v) is 31.8. The third kappa shape index (κ3) is 7.58. The molecule has 6 aromatic carbocycles. The SMILES string of the molecule is Cc1ccc(S(=O)(=O)N2[C@H](COC(=O)c3ccc4ccccc4c3)Cc3c(I)c(OCc4ccccc4)cc(OCc4ccccc4)c3[C@H]2C)cc1. The van der Waals surface area contributed by atoms with Crippen LogP contribution in [-0.2, 0) is 34.4 Å². The molecule has 1 heterocycles. The number of carbonyl (C=O) groups excluding carboxylic acids is 1. The number of fused-ring (bicyclic) bond motifs is 2. The Hall–Kier alpha value is -4.71. The van der Waals surface area contributed by atoms with Crippen molar-refractivity contribution < 1.29 is 27.4 Å². The Kier molecular flexibility index (Phi) is 10.6. The first-order valence-corrected chi connectivity index (χ1v) is 19.7. The number of benzene rings is 6. The van der Waals surface area contributed by atoms with Crippen LogP contribution in [0, 0.1) is 10.5 Å². The van der Waals surface area contributed by atoms with Crippen LogP contribution in [0.2, 0.25) is 0 Å². The zero-order chi connectivity index (χ0) is 36.2. The van der Waals surface area contributed by atoms with Gasteiger partial charge in [-0.15, -0.1) is 0 Å². The number of nitrogens with zero attached hydrogens (tertiary/aromatic N) is 1. The van der Waals surface area contributed by atoms with E-state index >= 15 is 0 Å². The van der Waals surface area contributed by atoms with Gasteiger partial charge in [0.2, 0.25) is 10.0 Å². The lowest BCUT2D eigenvalue weighted by atomic mass is 9.90.